The van der Waals surface area contributed by atoms with E-state index in [0.717, 1.165) is 36.9 Å². The van der Waals surface area contributed by atoms with Crippen LogP contribution in [-0.4, -0.2) is 17.9 Å². The number of rotatable bonds is 6. The van der Waals surface area contributed by atoms with E-state index in [4.69, 9.17) is 10.5 Å². The van der Waals surface area contributed by atoms with Crippen molar-refractivity contribution in [2.24, 2.45) is 11.7 Å². The van der Waals surface area contributed by atoms with Crippen molar-refractivity contribution in [3.63, 3.8) is 0 Å². The van der Waals surface area contributed by atoms with E-state index in [9.17, 15) is 9.59 Å². The normalized spacial score (nSPS) is 19.5. The summed E-state index contributed by atoms with van der Waals surface area (Å²) >= 11 is 0. The number of carbonyl (C=O) groups is 2. The zero-order valence-corrected chi connectivity index (χ0v) is 14.7. The smallest absolute Gasteiger partial charge is 0.338 e. The van der Waals surface area contributed by atoms with Gasteiger partial charge in [0.05, 0.1) is 5.56 Å². The molecule has 2 atom stereocenters. The molecule has 0 bridgehead atoms. The molecule has 1 aliphatic rings. The van der Waals surface area contributed by atoms with Crippen molar-refractivity contribution in [1.82, 2.24) is 0 Å². The van der Waals surface area contributed by atoms with Crippen LogP contribution in [-0.2, 0) is 16.1 Å². The number of hydrogen-bond acceptors (Lipinski definition) is 4. The monoisotopic (exact) mass is 352 g/mol. The second-order valence-electron chi connectivity index (χ2n) is 6.75. The van der Waals surface area contributed by atoms with Crippen LogP contribution < -0.4 is 11.1 Å². The van der Waals surface area contributed by atoms with Crippen LogP contribution in [0.5, 0.6) is 0 Å². The van der Waals surface area contributed by atoms with Crippen LogP contribution in [0, 0.1) is 5.92 Å². The highest BCUT2D eigenvalue weighted by atomic mass is 16.5. The summed E-state index contributed by atoms with van der Waals surface area (Å²) < 4.78 is 5.38. The minimum Gasteiger partial charge on any atom is -0.457 e. The van der Waals surface area contributed by atoms with Gasteiger partial charge in [0.2, 0.25) is 5.91 Å². The predicted molar refractivity (Wildman–Crippen MR) is 101 cm³/mol. The summed E-state index contributed by atoms with van der Waals surface area (Å²) in [6, 6.07) is 17.1. The molecule has 1 saturated carbocycles. The molecular weight excluding hydrogens is 328 g/mol. The second-order valence-corrected chi connectivity index (χ2v) is 6.75. The maximum absolute atomic E-state index is 12.3. The van der Waals surface area contributed by atoms with Crippen molar-refractivity contribution in [3.05, 3.63) is 65.7 Å². The quantitative estimate of drug-likeness (QED) is 0.780. The molecule has 5 nitrogen and oxygen atoms in total. The maximum Gasteiger partial charge on any atom is 0.338 e. The van der Waals surface area contributed by atoms with Crippen molar-refractivity contribution >= 4 is 17.6 Å². The number of amides is 1. The van der Waals surface area contributed by atoms with Gasteiger partial charge in [-0.25, -0.2) is 4.79 Å². The first kappa shape index (κ1) is 18.0. The lowest BCUT2D eigenvalue weighted by Gasteiger charge is -2.28. The van der Waals surface area contributed by atoms with Crippen LogP contribution in [0.2, 0.25) is 0 Å². The van der Waals surface area contributed by atoms with Gasteiger partial charge in [0.15, 0.2) is 0 Å². The summed E-state index contributed by atoms with van der Waals surface area (Å²) in [4.78, 5) is 23.7. The summed E-state index contributed by atoms with van der Waals surface area (Å²) in [5, 5.41) is 3.42. The molecule has 1 amide bonds. The number of esters is 1. The lowest BCUT2D eigenvalue weighted by Crippen LogP contribution is -2.34. The Morgan fingerprint density at radius 1 is 1.08 bits per heavy atom. The maximum atomic E-state index is 12.3. The number of primary amides is 1. The van der Waals surface area contributed by atoms with E-state index in [1.54, 1.807) is 12.1 Å². The van der Waals surface area contributed by atoms with E-state index in [1.165, 1.54) is 0 Å². The Bertz CT molecular complexity index is 761. The summed E-state index contributed by atoms with van der Waals surface area (Å²) in [5.41, 5.74) is 7.76. The molecule has 136 valence electrons. The van der Waals surface area contributed by atoms with Gasteiger partial charge in [0, 0.05) is 17.6 Å². The first-order valence-corrected chi connectivity index (χ1v) is 8.99. The lowest BCUT2D eigenvalue weighted by molar-refractivity contribution is -0.122. The van der Waals surface area contributed by atoms with Crippen molar-refractivity contribution in [1.29, 1.82) is 0 Å². The molecule has 0 radical (unpaired) electrons. The zero-order chi connectivity index (χ0) is 18.4. The number of nitrogens with one attached hydrogen (secondary N) is 1. The highest BCUT2D eigenvalue weighted by Gasteiger charge is 2.25. The number of hydrogen-bond donors (Lipinski definition) is 2. The van der Waals surface area contributed by atoms with Crippen molar-refractivity contribution in [3.8, 4) is 0 Å². The molecule has 2 unspecified atom stereocenters. The van der Waals surface area contributed by atoms with E-state index < -0.39 is 0 Å². The molecule has 0 spiro atoms. The summed E-state index contributed by atoms with van der Waals surface area (Å²) in [6.45, 7) is 0.250. The van der Waals surface area contributed by atoms with E-state index in [0.29, 0.717) is 5.56 Å². The summed E-state index contributed by atoms with van der Waals surface area (Å²) in [6.07, 6.45) is 3.56. The third-order valence-electron chi connectivity index (χ3n) is 4.76. The number of nitrogens with two attached hydrogens (primary N) is 1. The average molecular weight is 352 g/mol. The van der Waals surface area contributed by atoms with Crippen molar-refractivity contribution in [2.45, 2.75) is 38.3 Å². The van der Waals surface area contributed by atoms with Crippen molar-refractivity contribution < 1.29 is 14.3 Å². The van der Waals surface area contributed by atoms with Crippen molar-refractivity contribution in [2.75, 3.05) is 5.32 Å². The third kappa shape index (κ3) is 4.85. The van der Waals surface area contributed by atoms with Crippen LogP contribution in [0.25, 0.3) is 0 Å². The number of ether oxygens (including phenoxy) is 1. The number of benzene rings is 2. The van der Waals surface area contributed by atoms with Gasteiger partial charge in [-0.3, -0.25) is 4.79 Å². The predicted octanol–water partition coefficient (Wildman–Crippen LogP) is 3.50. The molecular formula is C21H24N2O3. The molecule has 2 aromatic rings. The fourth-order valence-electron chi connectivity index (χ4n) is 3.36. The van der Waals surface area contributed by atoms with Gasteiger partial charge >= 0.3 is 5.97 Å². The zero-order valence-electron chi connectivity index (χ0n) is 14.7. The Hall–Kier alpha value is -2.82. The van der Waals surface area contributed by atoms with Crippen LogP contribution in [0.1, 0.15) is 41.6 Å². The van der Waals surface area contributed by atoms with Gasteiger partial charge in [-0.1, -0.05) is 42.8 Å². The van der Waals surface area contributed by atoms with Gasteiger partial charge in [0.25, 0.3) is 0 Å². The minimum absolute atomic E-state index is 0.0692. The molecule has 3 N–H and O–H groups in total. The molecule has 0 heterocycles. The van der Waals surface area contributed by atoms with Gasteiger partial charge in [-0.15, -0.1) is 0 Å². The van der Waals surface area contributed by atoms with Gasteiger partial charge in [-0.2, -0.15) is 0 Å². The molecule has 5 heteroatoms. The summed E-state index contributed by atoms with van der Waals surface area (Å²) in [7, 11) is 0. The Labute approximate surface area is 153 Å². The standard InChI is InChI=1S/C21H24N2O3/c22-20(24)16-8-4-10-18(12-16)23-19-11-5-9-17(13-19)21(25)26-14-15-6-2-1-3-7-15/h1-3,5-7,9,11,13,16,18,23H,4,8,10,12,14H2,(H2,22,24). The fraction of sp³-hybridized carbons (Fsp3) is 0.333. The Morgan fingerprint density at radius 2 is 1.88 bits per heavy atom. The van der Waals surface area contributed by atoms with E-state index in [1.807, 2.05) is 42.5 Å². The first-order chi connectivity index (χ1) is 12.6. The first-order valence-electron chi connectivity index (χ1n) is 8.99. The second kappa shape index (κ2) is 8.52. The number of carbonyl (C=O) groups excluding carboxylic acids is 2. The Balaban J connectivity index is 1.59. The Morgan fingerprint density at radius 3 is 2.65 bits per heavy atom. The Kier molecular flexibility index (Phi) is 5.89. The third-order valence-corrected chi connectivity index (χ3v) is 4.76. The van der Waals surface area contributed by atoms with Gasteiger partial charge < -0.3 is 15.8 Å². The van der Waals surface area contributed by atoms with Gasteiger partial charge in [0.1, 0.15) is 6.61 Å². The highest BCUT2D eigenvalue weighted by molar-refractivity contribution is 5.90. The van der Waals surface area contributed by atoms with Crippen LogP contribution in [0.4, 0.5) is 5.69 Å². The molecule has 26 heavy (non-hydrogen) atoms. The average Bonchev–Trinajstić information content (AvgIpc) is 2.67. The van der Waals surface area contributed by atoms with E-state index in [-0.39, 0.29) is 30.4 Å². The molecule has 0 aromatic heterocycles. The van der Waals surface area contributed by atoms with E-state index >= 15 is 0 Å². The SMILES string of the molecule is NC(=O)C1CCCC(Nc2cccc(C(=O)OCc3ccccc3)c2)C1. The van der Waals surface area contributed by atoms with Gasteiger partial charge in [-0.05, 0) is 43.0 Å². The largest absolute Gasteiger partial charge is 0.457 e. The minimum atomic E-state index is -0.351. The fourth-order valence-corrected chi connectivity index (χ4v) is 3.36. The molecule has 3 rings (SSSR count). The molecule has 1 fully saturated rings. The molecule has 0 saturated heterocycles. The van der Waals surface area contributed by atoms with Crippen LogP contribution >= 0.6 is 0 Å². The highest BCUT2D eigenvalue weighted by Crippen LogP contribution is 2.27. The topological polar surface area (TPSA) is 81.4 Å². The lowest BCUT2D eigenvalue weighted by atomic mass is 9.85. The number of anilines is 1. The summed E-state index contributed by atoms with van der Waals surface area (Å²) in [5.74, 6) is -0.647. The van der Waals surface area contributed by atoms with Crippen LogP contribution in [0.15, 0.2) is 54.6 Å². The molecule has 2 aromatic carbocycles. The molecule has 1 aliphatic carbocycles. The molecule has 0 aliphatic heterocycles. The van der Waals surface area contributed by atoms with E-state index in [2.05, 4.69) is 5.32 Å². The van der Waals surface area contributed by atoms with Crippen LogP contribution in [0.3, 0.4) is 0 Å².